The molecule has 0 N–H and O–H groups in total. The fraction of sp³-hybridized carbons (Fsp3) is 0.500. The van der Waals surface area contributed by atoms with Gasteiger partial charge in [-0.05, 0) is 38.3 Å². The number of piperidine rings is 1. The van der Waals surface area contributed by atoms with E-state index in [1.807, 2.05) is 44.7 Å². The van der Waals surface area contributed by atoms with Gasteiger partial charge in [0.15, 0.2) is 0 Å². The average Bonchev–Trinajstić information content (AvgIpc) is 3.24. The van der Waals surface area contributed by atoms with E-state index in [1.54, 1.807) is 12.5 Å². The third-order valence-electron chi connectivity index (χ3n) is 6.03. The highest BCUT2D eigenvalue weighted by molar-refractivity contribution is 5.93. The Hall–Kier alpha value is -2.67. The number of nitrogens with zero attached hydrogens (tertiary/aromatic N) is 5. The highest BCUT2D eigenvalue weighted by Gasteiger charge is 2.28. The maximum Gasteiger partial charge on any atom is 0.272 e. The van der Waals surface area contributed by atoms with E-state index in [4.69, 9.17) is 0 Å². The van der Waals surface area contributed by atoms with Crippen LogP contribution in [0.2, 0.25) is 0 Å². The summed E-state index contributed by atoms with van der Waals surface area (Å²) in [7, 11) is 0. The lowest BCUT2D eigenvalue weighted by Crippen LogP contribution is -2.53. The first-order chi connectivity index (χ1) is 14.1. The second-order valence-corrected chi connectivity index (χ2v) is 7.98. The molecule has 154 valence electrons. The molecule has 2 aromatic rings. The lowest BCUT2D eigenvalue weighted by molar-refractivity contribution is -0.136. The van der Waals surface area contributed by atoms with Gasteiger partial charge in [-0.2, -0.15) is 0 Å². The molecule has 7 heteroatoms. The molecule has 7 nitrogen and oxygen atoms in total. The number of imidazole rings is 1. The number of benzene rings is 1. The number of rotatable bonds is 4. The molecule has 2 aliphatic rings. The first kappa shape index (κ1) is 19.6. The maximum atomic E-state index is 13.0. The Bertz CT molecular complexity index is 842. The van der Waals surface area contributed by atoms with Gasteiger partial charge < -0.3 is 9.80 Å². The maximum absolute atomic E-state index is 13.0. The first-order valence-electron chi connectivity index (χ1n) is 10.5. The molecule has 1 atom stereocenters. The Balaban J connectivity index is 1.34. The second kappa shape index (κ2) is 8.78. The number of likely N-dealkylation sites (tertiary alicyclic amines) is 1. The van der Waals surface area contributed by atoms with E-state index in [2.05, 4.69) is 16.8 Å². The highest BCUT2D eigenvalue weighted by atomic mass is 16.2. The van der Waals surface area contributed by atoms with E-state index in [0.29, 0.717) is 31.4 Å². The summed E-state index contributed by atoms with van der Waals surface area (Å²) in [6.07, 6.45) is 6.72. The highest BCUT2D eigenvalue weighted by Crippen LogP contribution is 2.18. The molecule has 2 saturated heterocycles. The number of carbonyl (C=O) groups excluding carboxylic acids is 2. The predicted molar refractivity (Wildman–Crippen MR) is 111 cm³/mol. The molecule has 2 fully saturated rings. The summed E-state index contributed by atoms with van der Waals surface area (Å²) >= 11 is 0. The minimum absolute atomic E-state index is 0.0121. The van der Waals surface area contributed by atoms with Crippen LogP contribution in [0.3, 0.4) is 0 Å². The number of hydrogen-bond donors (Lipinski definition) is 0. The molecule has 1 aromatic carbocycles. The van der Waals surface area contributed by atoms with Crippen molar-refractivity contribution in [3.05, 3.63) is 48.5 Å². The van der Waals surface area contributed by atoms with Crippen molar-refractivity contribution in [3.63, 3.8) is 0 Å². The summed E-state index contributed by atoms with van der Waals surface area (Å²) in [6.45, 7) is 6.17. The van der Waals surface area contributed by atoms with Gasteiger partial charge in [-0.3, -0.25) is 19.1 Å². The molecule has 2 aliphatic heterocycles. The van der Waals surface area contributed by atoms with Crippen LogP contribution in [0.5, 0.6) is 0 Å². The van der Waals surface area contributed by atoms with Gasteiger partial charge in [-0.1, -0.05) is 18.2 Å². The number of piperazine rings is 1. The number of para-hydroxylation sites is 1. The monoisotopic (exact) mass is 395 g/mol. The minimum atomic E-state index is -0.0121. The van der Waals surface area contributed by atoms with Crippen LogP contribution in [0.25, 0.3) is 5.69 Å². The van der Waals surface area contributed by atoms with Crippen molar-refractivity contribution in [3.8, 4) is 5.69 Å². The van der Waals surface area contributed by atoms with Crippen molar-refractivity contribution in [1.82, 2.24) is 24.3 Å². The second-order valence-electron chi connectivity index (χ2n) is 7.98. The third kappa shape index (κ3) is 4.34. The normalized spacial score (nSPS) is 20.7. The van der Waals surface area contributed by atoms with Gasteiger partial charge in [-0.25, -0.2) is 4.98 Å². The Morgan fingerprint density at radius 2 is 1.79 bits per heavy atom. The van der Waals surface area contributed by atoms with Gasteiger partial charge in [0.2, 0.25) is 5.91 Å². The van der Waals surface area contributed by atoms with Crippen LogP contribution >= 0.6 is 0 Å². The SMILES string of the molecule is CC1CCCCN1C(=O)CN1CCN(C(=O)c2cncn2-c2ccccc2)CC1. The van der Waals surface area contributed by atoms with Gasteiger partial charge in [0.25, 0.3) is 5.91 Å². The zero-order valence-corrected chi connectivity index (χ0v) is 17.0. The van der Waals surface area contributed by atoms with Crippen LogP contribution in [-0.2, 0) is 4.79 Å². The number of carbonyl (C=O) groups is 2. The summed E-state index contributed by atoms with van der Waals surface area (Å²) in [4.78, 5) is 36.0. The summed E-state index contributed by atoms with van der Waals surface area (Å²) < 4.78 is 1.83. The summed E-state index contributed by atoms with van der Waals surface area (Å²) in [5, 5.41) is 0. The van der Waals surface area contributed by atoms with E-state index in [1.165, 1.54) is 6.42 Å². The Kier molecular flexibility index (Phi) is 5.94. The van der Waals surface area contributed by atoms with Crippen molar-refractivity contribution in [1.29, 1.82) is 0 Å². The van der Waals surface area contributed by atoms with Gasteiger partial charge in [0, 0.05) is 44.5 Å². The van der Waals surface area contributed by atoms with Gasteiger partial charge >= 0.3 is 0 Å². The molecule has 2 amide bonds. The summed E-state index contributed by atoms with van der Waals surface area (Å²) in [5.41, 5.74) is 1.50. The van der Waals surface area contributed by atoms with Crippen molar-refractivity contribution in [2.75, 3.05) is 39.3 Å². The van der Waals surface area contributed by atoms with Gasteiger partial charge in [0.1, 0.15) is 5.69 Å². The molecule has 0 aliphatic carbocycles. The fourth-order valence-corrected chi connectivity index (χ4v) is 4.27. The first-order valence-corrected chi connectivity index (χ1v) is 10.5. The van der Waals surface area contributed by atoms with Crippen molar-refractivity contribution < 1.29 is 9.59 Å². The standard InChI is InChI=1S/C22H29N5O2/c1-18-7-5-6-10-26(18)21(28)16-24-11-13-25(14-12-24)22(29)20-15-23-17-27(20)19-8-3-2-4-9-19/h2-4,8-9,15,17-18H,5-7,10-14,16H2,1H3. The molecule has 29 heavy (non-hydrogen) atoms. The summed E-state index contributed by atoms with van der Waals surface area (Å²) in [6, 6.07) is 10.1. The topological polar surface area (TPSA) is 61.7 Å². The van der Waals surface area contributed by atoms with Crippen molar-refractivity contribution in [2.45, 2.75) is 32.2 Å². The fourth-order valence-electron chi connectivity index (χ4n) is 4.27. The van der Waals surface area contributed by atoms with Gasteiger partial charge in [0.05, 0.1) is 19.1 Å². The molecule has 0 saturated carbocycles. The molecule has 0 spiro atoms. The summed E-state index contributed by atoms with van der Waals surface area (Å²) in [5.74, 6) is 0.209. The minimum Gasteiger partial charge on any atom is -0.339 e. The quantitative estimate of drug-likeness (QED) is 0.795. The predicted octanol–water partition coefficient (Wildman–Crippen LogP) is 2.03. The molecule has 3 heterocycles. The zero-order chi connectivity index (χ0) is 20.2. The smallest absolute Gasteiger partial charge is 0.272 e. The van der Waals surface area contributed by atoms with E-state index >= 15 is 0 Å². The number of hydrogen-bond acceptors (Lipinski definition) is 4. The molecular formula is C22H29N5O2. The van der Waals surface area contributed by atoms with E-state index < -0.39 is 0 Å². The van der Waals surface area contributed by atoms with E-state index in [-0.39, 0.29) is 11.8 Å². The van der Waals surface area contributed by atoms with Crippen molar-refractivity contribution >= 4 is 11.8 Å². The zero-order valence-electron chi connectivity index (χ0n) is 17.0. The molecular weight excluding hydrogens is 366 g/mol. The van der Waals surface area contributed by atoms with Crippen molar-refractivity contribution in [2.24, 2.45) is 0 Å². The average molecular weight is 396 g/mol. The Morgan fingerprint density at radius 3 is 2.52 bits per heavy atom. The largest absolute Gasteiger partial charge is 0.339 e. The van der Waals surface area contributed by atoms with Crippen LogP contribution in [0.15, 0.2) is 42.9 Å². The lowest BCUT2D eigenvalue weighted by atomic mass is 10.0. The van der Waals surface area contributed by atoms with E-state index in [0.717, 1.165) is 38.2 Å². The van der Waals surface area contributed by atoms with Crippen LogP contribution in [0.1, 0.15) is 36.7 Å². The van der Waals surface area contributed by atoms with Crippen LogP contribution in [0, 0.1) is 0 Å². The Morgan fingerprint density at radius 1 is 1.03 bits per heavy atom. The third-order valence-corrected chi connectivity index (χ3v) is 6.03. The molecule has 0 radical (unpaired) electrons. The van der Waals surface area contributed by atoms with Crippen LogP contribution in [0.4, 0.5) is 0 Å². The molecule has 1 aromatic heterocycles. The van der Waals surface area contributed by atoms with Crippen LogP contribution in [-0.4, -0.2) is 81.4 Å². The molecule has 4 rings (SSSR count). The molecule has 0 bridgehead atoms. The number of amides is 2. The Labute approximate surface area is 171 Å². The van der Waals surface area contributed by atoms with Gasteiger partial charge in [-0.15, -0.1) is 0 Å². The lowest BCUT2D eigenvalue weighted by Gasteiger charge is -2.38. The number of aromatic nitrogens is 2. The van der Waals surface area contributed by atoms with E-state index in [9.17, 15) is 9.59 Å². The van der Waals surface area contributed by atoms with Crippen LogP contribution < -0.4 is 0 Å². The molecule has 1 unspecified atom stereocenters.